The van der Waals surface area contributed by atoms with Gasteiger partial charge in [0.2, 0.25) is 0 Å². The van der Waals surface area contributed by atoms with Crippen LogP contribution in [-0.2, 0) is 0 Å². The van der Waals surface area contributed by atoms with E-state index in [4.69, 9.17) is 4.74 Å². The van der Waals surface area contributed by atoms with Gasteiger partial charge in [0.1, 0.15) is 5.75 Å². The van der Waals surface area contributed by atoms with E-state index >= 15 is 0 Å². The van der Waals surface area contributed by atoms with Crippen LogP contribution in [0.15, 0.2) is 24.3 Å². The first-order valence-electron chi connectivity index (χ1n) is 5.54. The Kier molecular flexibility index (Phi) is 4.77. The molecule has 0 amide bonds. The summed E-state index contributed by atoms with van der Waals surface area (Å²) in [7, 11) is 1.63. The topological polar surface area (TPSA) is 49.7 Å². The number of aliphatic hydroxyl groups is 2. The Hall–Kier alpha value is -1.06. The van der Waals surface area contributed by atoms with Crippen LogP contribution in [0.5, 0.6) is 5.75 Å². The molecule has 0 radical (unpaired) electrons. The number of ether oxygens (including phenoxy) is 1. The third kappa shape index (κ3) is 3.51. The SMILES string of the molecule is COc1cccc(C(C)CC(O)C(C)O)c1. The van der Waals surface area contributed by atoms with Gasteiger partial charge in [-0.3, -0.25) is 0 Å². The van der Waals surface area contributed by atoms with Crippen LogP contribution in [-0.4, -0.2) is 29.5 Å². The van der Waals surface area contributed by atoms with Gasteiger partial charge in [-0.15, -0.1) is 0 Å². The molecule has 0 aliphatic heterocycles. The standard InChI is InChI=1S/C13H20O3/c1-9(7-13(15)10(2)14)11-5-4-6-12(8-11)16-3/h4-6,8-10,13-15H,7H2,1-3H3. The van der Waals surface area contributed by atoms with Crippen molar-refractivity contribution in [1.82, 2.24) is 0 Å². The summed E-state index contributed by atoms with van der Waals surface area (Å²) in [6.45, 7) is 3.63. The van der Waals surface area contributed by atoms with Crippen molar-refractivity contribution in [3.63, 3.8) is 0 Å². The number of benzene rings is 1. The maximum Gasteiger partial charge on any atom is 0.119 e. The highest BCUT2D eigenvalue weighted by atomic mass is 16.5. The molecule has 3 heteroatoms. The number of methoxy groups -OCH3 is 1. The van der Waals surface area contributed by atoms with E-state index in [9.17, 15) is 10.2 Å². The zero-order chi connectivity index (χ0) is 12.1. The van der Waals surface area contributed by atoms with Crippen LogP contribution in [0.3, 0.4) is 0 Å². The first-order valence-corrected chi connectivity index (χ1v) is 5.54. The lowest BCUT2D eigenvalue weighted by molar-refractivity contribution is 0.0227. The van der Waals surface area contributed by atoms with Gasteiger partial charge in [0.05, 0.1) is 19.3 Å². The average molecular weight is 224 g/mol. The largest absolute Gasteiger partial charge is 0.497 e. The van der Waals surface area contributed by atoms with Gasteiger partial charge in [-0.1, -0.05) is 19.1 Å². The second-order valence-corrected chi connectivity index (χ2v) is 4.22. The Labute approximate surface area is 96.7 Å². The Balaban J connectivity index is 2.68. The van der Waals surface area contributed by atoms with Crippen molar-refractivity contribution in [2.24, 2.45) is 0 Å². The highest BCUT2D eigenvalue weighted by molar-refractivity contribution is 5.30. The summed E-state index contributed by atoms with van der Waals surface area (Å²) in [5, 5.41) is 18.8. The van der Waals surface area contributed by atoms with Crippen LogP contribution in [0.2, 0.25) is 0 Å². The summed E-state index contributed by atoms with van der Waals surface area (Å²) in [5.74, 6) is 1.01. The normalized spacial score (nSPS) is 16.6. The molecule has 0 aromatic heterocycles. The average Bonchev–Trinajstić information content (AvgIpc) is 2.28. The summed E-state index contributed by atoms with van der Waals surface area (Å²) in [4.78, 5) is 0. The minimum absolute atomic E-state index is 0.194. The van der Waals surface area contributed by atoms with Gasteiger partial charge < -0.3 is 14.9 Å². The maximum atomic E-state index is 9.60. The Bertz CT molecular complexity index is 323. The highest BCUT2D eigenvalue weighted by Gasteiger charge is 2.16. The minimum Gasteiger partial charge on any atom is -0.497 e. The van der Waals surface area contributed by atoms with Gasteiger partial charge >= 0.3 is 0 Å². The molecule has 16 heavy (non-hydrogen) atoms. The van der Waals surface area contributed by atoms with E-state index in [1.54, 1.807) is 14.0 Å². The molecule has 0 saturated carbocycles. The van der Waals surface area contributed by atoms with Crippen molar-refractivity contribution in [3.8, 4) is 5.75 Å². The molecule has 0 heterocycles. The number of hydrogen-bond donors (Lipinski definition) is 2. The monoisotopic (exact) mass is 224 g/mol. The lowest BCUT2D eigenvalue weighted by atomic mass is 9.93. The van der Waals surface area contributed by atoms with Crippen LogP contribution in [0.4, 0.5) is 0 Å². The van der Waals surface area contributed by atoms with Crippen LogP contribution in [0, 0.1) is 0 Å². The lowest BCUT2D eigenvalue weighted by Crippen LogP contribution is -2.24. The zero-order valence-corrected chi connectivity index (χ0v) is 10.1. The molecule has 3 atom stereocenters. The fourth-order valence-electron chi connectivity index (χ4n) is 1.64. The molecule has 90 valence electrons. The quantitative estimate of drug-likeness (QED) is 0.803. The predicted octanol–water partition coefficient (Wildman–Crippen LogP) is 1.93. The third-order valence-corrected chi connectivity index (χ3v) is 2.81. The maximum absolute atomic E-state index is 9.60. The van der Waals surface area contributed by atoms with E-state index in [-0.39, 0.29) is 5.92 Å². The number of rotatable bonds is 5. The van der Waals surface area contributed by atoms with Crippen molar-refractivity contribution in [3.05, 3.63) is 29.8 Å². The van der Waals surface area contributed by atoms with E-state index in [1.807, 2.05) is 31.2 Å². The predicted molar refractivity (Wildman–Crippen MR) is 63.7 cm³/mol. The molecular formula is C13H20O3. The molecule has 3 nitrogen and oxygen atoms in total. The van der Waals surface area contributed by atoms with Crippen molar-refractivity contribution in [2.75, 3.05) is 7.11 Å². The first kappa shape index (κ1) is 13.0. The molecule has 1 aromatic carbocycles. The third-order valence-electron chi connectivity index (χ3n) is 2.81. The van der Waals surface area contributed by atoms with Gasteiger partial charge in [0.15, 0.2) is 0 Å². The molecule has 1 aromatic rings. The molecule has 3 unspecified atom stereocenters. The van der Waals surface area contributed by atoms with Crippen molar-refractivity contribution in [1.29, 1.82) is 0 Å². The second kappa shape index (κ2) is 5.87. The number of hydrogen-bond acceptors (Lipinski definition) is 3. The van der Waals surface area contributed by atoms with E-state index in [0.717, 1.165) is 11.3 Å². The van der Waals surface area contributed by atoms with Crippen molar-refractivity contribution in [2.45, 2.75) is 38.4 Å². The van der Waals surface area contributed by atoms with Crippen LogP contribution in [0.1, 0.15) is 31.7 Å². The second-order valence-electron chi connectivity index (χ2n) is 4.22. The molecule has 0 aliphatic rings. The van der Waals surface area contributed by atoms with Gasteiger partial charge in [-0.2, -0.15) is 0 Å². The summed E-state index contributed by atoms with van der Waals surface area (Å²) in [6, 6.07) is 7.78. The Morgan fingerprint density at radius 3 is 2.50 bits per heavy atom. The molecule has 2 N–H and O–H groups in total. The molecule has 0 aliphatic carbocycles. The van der Waals surface area contributed by atoms with E-state index in [2.05, 4.69) is 0 Å². The van der Waals surface area contributed by atoms with Gasteiger partial charge in [0, 0.05) is 0 Å². The molecular weight excluding hydrogens is 204 g/mol. The molecule has 1 rings (SSSR count). The minimum atomic E-state index is -0.687. The lowest BCUT2D eigenvalue weighted by Gasteiger charge is -2.19. The van der Waals surface area contributed by atoms with E-state index in [1.165, 1.54) is 0 Å². The fraction of sp³-hybridized carbons (Fsp3) is 0.538. The molecule has 0 saturated heterocycles. The van der Waals surface area contributed by atoms with Crippen molar-refractivity contribution >= 4 is 0 Å². The van der Waals surface area contributed by atoms with E-state index in [0.29, 0.717) is 6.42 Å². The smallest absolute Gasteiger partial charge is 0.119 e. The molecule has 0 fully saturated rings. The summed E-state index contributed by atoms with van der Waals surface area (Å²) < 4.78 is 5.15. The molecule has 0 spiro atoms. The summed E-state index contributed by atoms with van der Waals surface area (Å²) in [5.41, 5.74) is 1.11. The van der Waals surface area contributed by atoms with E-state index < -0.39 is 12.2 Å². The van der Waals surface area contributed by atoms with Crippen LogP contribution >= 0.6 is 0 Å². The molecule has 0 bridgehead atoms. The van der Waals surface area contributed by atoms with Gasteiger partial charge in [-0.05, 0) is 37.0 Å². The highest BCUT2D eigenvalue weighted by Crippen LogP contribution is 2.24. The summed E-state index contributed by atoms with van der Waals surface area (Å²) >= 11 is 0. The Morgan fingerprint density at radius 1 is 1.25 bits per heavy atom. The van der Waals surface area contributed by atoms with Crippen LogP contribution < -0.4 is 4.74 Å². The number of aliphatic hydroxyl groups excluding tert-OH is 2. The van der Waals surface area contributed by atoms with Crippen molar-refractivity contribution < 1.29 is 14.9 Å². The first-order chi connectivity index (χ1) is 7.54. The Morgan fingerprint density at radius 2 is 1.94 bits per heavy atom. The zero-order valence-electron chi connectivity index (χ0n) is 10.1. The summed E-state index contributed by atoms with van der Waals surface area (Å²) in [6.07, 6.45) is -0.820. The van der Waals surface area contributed by atoms with Gasteiger partial charge in [-0.25, -0.2) is 0 Å². The van der Waals surface area contributed by atoms with Crippen LogP contribution in [0.25, 0.3) is 0 Å². The fourth-order valence-corrected chi connectivity index (χ4v) is 1.64. The van der Waals surface area contributed by atoms with Gasteiger partial charge in [0.25, 0.3) is 0 Å².